The zero-order chi connectivity index (χ0) is 24.7. The standard InChI is InChI=1S/C12H12N2O2S.C12H10N2O2S/c1-9-6-7-14-12(8-9)17(15,16)11-4-2-10(13)3-5-11;1-9-6-7-13-12(8-9)17-11-4-2-10(3-5-11)14(15)16/h2-8H,13H2,1H3;2-8H,1H3. The number of sulfone groups is 1. The highest BCUT2D eigenvalue weighted by molar-refractivity contribution is 7.99. The number of aromatic nitrogens is 2. The maximum atomic E-state index is 12.2. The molecule has 0 unspecified atom stereocenters. The lowest BCUT2D eigenvalue weighted by molar-refractivity contribution is -0.384. The molecule has 2 aromatic heterocycles. The van der Waals surface area contributed by atoms with Crippen molar-refractivity contribution in [3.05, 3.63) is 106 Å². The van der Waals surface area contributed by atoms with E-state index in [0.717, 1.165) is 21.0 Å². The minimum absolute atomic E-state index is 0.0577. The first-order valence-electron chi connectivity index (χ1n) is 10.0. The van der Waals surface area contributed by atoms with E-state index in [2.05, 4.69) is 9.97 Å². The molecule has 2 N–H and O–H groups in total. The van der Waals surface area contributed by atoms with E-state index in [1.54, 1.807) is 42.6 Å². The summed E-state index contributed by atoms with van der Waals surface area (Å²) in [6.07, 6.45) is 3.24. The van der Waals surface area contributed by atoms with E-state index < -0.39 is 14.8 Å². The van der Waals surface area contributed by atoms with E-state index in [9.17, 15) is 18.5 Å². The van der Waals surface area contributed by atoms with Gasteiger partial charge >= 0.3 is 0 Å². The normalized spacial score (nSPS) is 10.8. The largest absolute Gasteiger partial charge is 0.399 e. The molecule has 2 aromatic carbocycles. The Bertz CT molecular complexity index is 1390. The van der Waals surface area contributed by atoms with Crippen LogP contribution in [0, 0.1) is 24.0 Å². The number of pyridine rings is 2. The summed E-state index contributed by atoms with van der Waals surface area (Å²) in [4.78, 5) is 19.3. The topological polar surface area (TPSA) is 129 Å². The second kappa shape index (κ2) is 10.9. The van der Waals surface area contributed by atoms with Crippen molar-refractivity contribution in [1.82, 2.24) is 9.97 Å². The maximum absolute atomic E-state index is 12.2. The summed E-state index contributed by atoms with van der Waals surface area (Å²) < 4.78 is 24.4. The van der Waals surface area contributed by atoms with Crippen LogP contribution in [0.15, 0.2) is 105 Å². The Hall–Kier alpha value is -3.76. The van der Waals surface area contributed by atoms with E-state index in [1.807, 2.05) is 26.0 Å². The number of nitro benzene ring substituents is 1. The van der Waals surface area contributed by atoms with E-state index in [-0.39, 0.29) is 15.6 Å². The van der Waals surface area contributed by atoms with Gasteiger partial charge in [-0.25, -0.2) is 18.4 Å². The minimum Gasteiger partial charge on any atom is -0.399 e. The van der Waals surface area contributed by atoms with Gasteiger partial charge in [-0.2, -0.15) is 0 Å². The predicted molar refractivity (Wildman–Crippen MR) is 131 cm³/mol. The van der Waals surface area contributed by atoms with Crippen LogP contribution in [-0.2, 0) is 9.84 Å². The first kappa shape index (κ1) is 24.9. The zero-order valence-corrected chi connectivity index (χ0v) is 20.1. The van der Waals surface area contributed by atoms with Gasteiger partial charge in [-0.1, -0.05) is 11.8 Å². The Balaban J connectivity index is 0.000000191. The van der Waals surface area contributed by atoms with Crippen molar-refractivity contribution in [3.8, 4) is 0 Å². The van der Waals surface area contributed by atoms with Crippen LogP contribution in [0.5, 0.6) is 0 Å². The number of aryl methyl sites for hydroxylation is 2. The summed E-state index contributed by atoms with van der Waals surface area (Å²) in [7, 11) is -3.54. The SMILES string of the molecule is Cc1ccnc(S(=O)(=O)c2ccc(N)cc2)c1.Cc1ccnc(Sc2ccc([N+](=O)[O-])cc2)c1. The maximum Gasteiger partial charge on any atom is 0.269 e. The van der Waals surface area contributed by atoms with Gasteiger partial charge in [0.2, 0.25) is 9.84 Å². The van der Waals surface area contributed by atoms with Crippen LogP contribution >= 0.6 is 11.8 Å². The first-order chi connectivity index (χ1) is 16.1. The monoisotopic (exact) mass is 494 g/mol. The lowest BCUT2D eigenvalue weighted by atomic mass is 10.3. The second-order valence-electron chi connectivity index (χ2n) is 7.27. The molecule has 0 atom stereocenters. The van der Waals surface area contributed by atoms with Crippen LogP contribution < -0.4 is 5.73 Å². The summed E-state index contributed by atoms with van der Waals surface area (Å²) in [6.45, 7) is 3.82. The molecule has 4 aromatic rings. The van der Waals surface area contributed by atoms with Gasteiger partial charge in [-0.3, -0.25) is 10.1 Å². The third-order valence-corrected chi connectivity index (χ3v) is 7.12. The summed E-state index contributed by atoms with van der Waals surface area (Å²) in [5, 5.41) is 11.4. The van der Waals surface area contributed by atoms with Crippen molar-refractivity contribution < 1.29 is 13.3 Å². The summed E-state index contributed by atoms with van der Waals surface area (Å²) in [5.41, 5.74) is 8.15. The number of nitrogens with zero attached hydrogens (tertiary/aromatic N) is 3. The molecule has 10 heteroatoms. The number of hydrogen-bond acceptors (Lipinski definition) is 8. The highest BCUT2D eigenvalue weighted by atomic mass is 32.2. The number of anilines is 1. The molecule has 0 aliphatic heterocycles. The van der Waals surface area contributed by atoms with Crippen molar-refractivity contribution >= 4 is 33.0 Å². The van der Waals surface area contributed by atoms with Crippen LogP contribution in [0.4, 0.5) is 11.4 Å². The molecule has 4 rings (SSSR count). The van der Waals surface area contributed by atoms with Gasteiger partial charge in [0, 0.05) is 35.1 Å². The van der Waals surface area contributed by atoms with Crippen molar-refractivity contribution in [2.45, 2.75) is 33.7 Å². The van der Waals surface area contributed by atoms with E-state index in [0.29, 0.717) is 5.69 Å². The Morgan fingerprint density at radius 2 is 1.44 bits per heavy atom. The Morgan fingerprint density at radius 1 is 0.853 bits per heavy atom. The third-order valence-electron chi connectivity index (χ3n) is 4.52. The molecule has 0 aliphatic carbocycles. The number of nitro groups is 1. The molecule has 34 heavy (non-hydrogen) atoms. The van der Waals surface area contributed by atoms with Gasteiger partial charge in [-0.15, -0.1) is 0 Å². The van der Waals surface area contributed by atoms with Crippen molar-refractivity contribution in [3.63, 3.8) is 0 Å². The van der Waals surface area contributed by atoms with E-state index >= 15 is 0 Å². The molecular weight excluding hydrogens is 472 g/mol. The summed E-state index contributed by atoms with van der Waals surface area (Å²) >= 11 is 1.49. The van der Waals surface area contributed by atoms with Crippen molar-refractivity contribution in [2.75, 3.05) is 5.73 Å². The molecule has 0 amide bonds. The molecular formula is C24H22N4O4S2. The van der Waals surface area contributed by atoms with Crippen LogP contribution in [0.25, 0.3) is 0 Å². The van der Waals surface area contributed by atoms with Gasteiger partial charge in [0.1, 0.15) is 5.03 Å². The zero-order valence-electron chi connectivity index (χ0n) is 18.5. The molecule has 0 aliphatic rings. The predicted octanol–water partition coefficient (Wildman–Crippen LogP) is 5.25. The quantitative estimate of drug-likeness (QED) is 0.226. The van der Waals surface area contributed by atoms with Crippen LogP contribution in [0.1, 0.15) is 11.1 Å². The van der Waals surface area contributed by atoms with Gasteiger partial charge in [0.25, 0.3) is 5.69 Å². The fourth-order valence-corrected chi connectivity index (χ4v) is 4.89. The molecule has 8 nitrogen and oxygen atoms in total. The summed E-state index contributed by atoms with van der Waals surface area (Å²) in [6, 6.07) is 19.7. The number of non-ortho nitro benzene ring substituents is 1. The average Bonchev–Trinajstić information content (AvgIpc) is 2.80. The molecule has 2 heterocycles. The lowest BCUT2D eigenvalue weighted by Gasteiger charge is -2.04. The van der Waals surface area contributed by atoms with E-state index in [4.69, 9.17) is 5.73 Å². The van der Waals surface area contributed by atoms with Gasteiger partial charge < -0.3 is 5.73 Å². The molecule has 174 valence electrons. The van der Waals surface area contributed by atoms with E-state index in [1.165, 1.54) is 42.2 Å². The Morgan fingerprint density at radius 3 is 2.00 bits per heavy atom. The minimum atomic E-state index is -3.54. The third kappa shape index (κ3) is 6.63. The number of nitrogens with two attached hydrogens (primary N) is 1. The Labute approximate surface area is 202 Å². The molecule has 0 bridgehead atoms. The Kier molecular flexibility index (Phi) is 7.98. The highest BCUT2D eigenvalue weighted by Crippen LogP contribution is 2.27. The fourth-order valence-electron chi connectivity index (χ4n) is 2.74. The van der Waals surface area contributed by atoms with Crippen LogP contribution in [0.2, 0.25) is 0 Å². The van der Waals surface area contributed by atoms with Gasteiger partial charge in [0.05, 0.1) is 9.82 Å². The highest BCUT2D eigenvalue weighted by Gasteiger charge is 2.18. The lowest BCUT2D eigenvalue weighted by Crippen LogP contribution is -2.04. The molecule has 0 radical (unpaired) electrons. The van der Waals surface area contributed by atoms with Gasteiger partial charge in [-0.05, 0) is 85.6 Å². The first-order valence-corrected chi connectivity index (χ1v) is 12.3. The fraction of sp³-hybridized carbons (Fsp3) is 0.0833. The molecule has 0 saturated carbocycles. The smallest absolute Gasteiger partial charge is 0.269 e. The number of benzene rings is 2. The number of hydrogen-bond donors (Lipinski definition) is 1. The van der Waals surface area contributed by atoms with Gasteiger partial charge in [0.15, 0.2) is 5.03 Å². The summed E-state index contributed by atoms with van der Waals surface area (Å²) in [5.74, 6) is 0. The molecule has 0 saturated heterocycles. The van der Waals surface area contributed by atoms with Crippen molar-refractivity contribution in [1.29, 1.82) is 0 Å². The van der Waals surface area contributed by atoms with Crippen LogP contribution in [0.3, 0.4) is 0 Å². The molecule has 0 spiro atoms. The molecule has 0 fully saturated rings. The second-order valence-corrected chi connectivity index (χ2v) is 10.3. The van der Waals surface area contributed by atoms with Crippen LogP contribution in [-0.4, -0.2) is 23.3 Å². The number of nitrogen functional groups attached to an aromatic ring is 1. The van der Waals surface area contributed by atoms with Crippen molar-refractivity contribution in [2.24, 2.45) is 0 Å². The number of rotatable bonds is 5. The average molecular weight is 495 g/mol.